The van der Waals surface area contributed by atoms with Crippen LogP contribution in [-0.4, -0.2) is 15.5 Å². The molecular weight excluding hydrogens is 178 g/mol. The van der Waals surface area contributed by atoms with Gasteiger partial charge in [-0.2, -0.15) is 0 Å². The van der Waals surface area contributed by atoms with E-state index >= 15 is 0 Å². The number of nitrogens with zero attached hydrogens (tertiary/aromatic N) is 2. The van der Waals surface area contributed by atoms with E-state index in [0.717, 1.165) is 25.0 Å². The van der Waals surface area contributed by atoms with Crippen LogP contribution < -0.4 is 5.73 Å². The van der Waals surface area contributed by atoms with Gasteiger partial charge in [-0.1, -0.05) is 0 Å². The first-order valence-electron chi connectivity index (χ1n) is 4.89. The van der Waals surface area contributed by atoms with E-state index in [-0.39, 0.29) is 5.54 Å². The molecule has 2 heterocycles. The fraction of sp³-hybridized carbons (Fsp3) is 0.600. The van der Waals surface area contributed by atoms with E-state index in [1.165, 1.54) is 0 Å². The van der Waals surface area contributed by atoms with Gasteiger partial charge in [0.25, 0.3) is 5.91 Å². The summed E-state index contributed by atoms with van der Waals surface area (Å²) in [6.07, 6.45) is 4.85. The Balaban J connectivity index is 2.53. The lowest BCUT2D eigenvalue weighted by Gasteiger charge is -2.32. The fourth-order valence-corrected chi connectivity index (χ4v) is 2.15. The van der Waals surface area contributed by atoms with Crippen LogP contribution in [0.3, 0.4) is 0 Å². The van der Waals surface area contributed by atoms with E-state index in [9.17, 15) is 4.79 Å². The molecular formula is C10H15N3O. The molecule has 2 N–H and O–H groups in total. The number of carbonyl (C=O) groups is 1. The second-order valence-electron chi connectivity index (χ2n) is 4.44. The molecule has 0 fully saturated rings. The molecule has 1 amide bonds. The van der Waals surface area contributed by atoms with Gasteiger partial charge in [-0.15, -0.1) is 0 Å². The summed E-state index contributed by atoms with van der Waals surface area (Å²) < 4.78 is 2.08. The average molecular weight is 193 g/mol. The zero-order valence-corrected chi connectivity index (χ0v) is 8.58. The maximum Gasteiger partial charge on any atom is 0.269 e. The third kappa shape index (κ3) is 1.22. The fourth-order valence-electron chi connectivity index (χ4n) is 2.15. The van der Waals surface area contributed by atoms with Crippen molar-refractivity contribution < 1.29 is 4.79 Å². The Morgan fingerprint density at radius 3 is 3.00 bits per heavy atom. The summed E-state index contributed by atoms with van der Waals surface area (Å²) in [4.78, 5) is 15.2. The summed E-state index contributed by atoms with van der Waals surface area (Å²) >= 11 is 0. The van der Waals surface area contributed by atoms with Gasteiger partial charge in [0.2, 0.25) is 0 Å². The molecule has 0 aromatic carbocycles. The molecule has 2 rings (SSSR count). The van der Waals surface area contributed by atoms with Crippen molar-refractivity contribution in [3.63, 3.8) is 0 Å². The van der Waals surface area contributed by atoms with Crippen LogP contribution in [0.25, 0.3) is 0 Å². The summed E-state index contributed by atoms with van der Waals surface area (Å²) in [7, 11) is 0. The van der Waals surface area contributed by atoms with Gasteiger partial charge in [0, 0.05) is 5.54 Å². The first-order chi connectivity index (χ1) is 6.52. The summed E-state index contributed by atoms with van der Waals surface area (Å²) in [5.41, 5.74) is 6.76. The molecule has 1 aromatic rings. The maximum atomic E-state index is 11.1. The lowest BCUT2D eigenvalue weighted by Crippen LogP contribution is -2.32. The molecule has 0 radical (unpaired) electrons. The standard InChI is InChI=1S/C10H15N3O/c1-10(2)5-3-4-7-8(9(11)14)12-6-13(7)10/h6H,3-5H2,1-2H3,(H2,11,14). The number of hydrogen-bond acceptors (Lipinski definition) is 2. The number of rotatable bonds is 1. The number of primary amides is 1. The zero-order chi connectivity index (χ0) is 10.3. The minimum atomic E-state index is -0.420. The van der Waals surface area contributed by atoms with Gasteiger partial charge in [0.15, 0.2) is 0 Å². The summed E-state index contributed by atoms with van der Waals surface area (Å²) in [5.74, 6) is -0.420. The van der Waals surface area contributed by atoms with Crippen molar-refractivity contribution in [1.29, 1.82) is 0 Å². The Labute approximate surface area is 83.1 Å². The lowest BCUT2D eigenvalue weighted by atomic mass is 9.91. The van der Waals surface area contributed by atoms with E-state index in [0.29, 0.717) is 5.69 Å². The third-order valence-electron chi connectivity index (χ3n) is 2.95. The number of imidazole rings is 1. The van der Waals surface area contributed by atoms with Crippen LogP contribution >= 0.6 is 0 Å². The third-order valence-corrected chi connectivity index (χ3v) is 2.95. The number of nitrogens with two attached hydrogens (primary N) is 1. The molecule has 1 aliphatic rings. The Morgan fingerprint density at radius 1 is 1.64 bits per heavy atom. The van der Waals surface area contributed by atoms with Gasteiger partial charge in [-0.3, -0.25) is 4.79 Å². The molecule has 1 aliphatic heterocycles. The van der Waals surface area contributed by atoms with Gasteiger partial charge in [0.05, 0.1) is 12.0 Å². The van der Waals surface area contributed by atoms with Crippen molar-refractivity contribution in [1.82, 2.24) is 9.55 Å². The minimum absolute atomic E-state index is 0.0638. The number of fused-ring (bicyclic) bond motifs is 1. The van der Waals surface area contributed by atoms with Crippen LogP contribution in [0, 0.1) is 0 Å². The Hall–Kier alpha value is -1.32. The van der Waals surface area contributed by atoms with Crippen LogP contribution in [0.4, 0.5) is 0 Å². The Morgan fingerprint density at radius 2 is 2.36 bits per heavy atom. The maximum absolute atomic E-state index is 11.1. The van der Waals surface area contributed by atoms with Gasteiger partial charge in [-0.25, -0.2) is 4.98 Å². The smallest absolute Gasteiger partial charge is 0.269 e. The van der Waals surface area contributed by atoms with Gasteiger partial charge >= 0.3 is 0 Å². The summed E-state index contributed by atoms with van der Waals surface area (Å²) in [6.45, 7) is 4.31. The topological polar surface area (TPSA) is 60.9 Å². The Bertz CT molecular complexity index is 379. The normalized spacial score (nSPS) is 19.0. The second-order valence-corrected chi connectivity index (χ2v) is 4.44. The van der Waals surface area contributed by atoms with Crippen LogP contribution in [-0.2, 0) is 12.0 Å². The highest BCUT2D eigenvalue weighted by Gasteiger charge is 2.29. The van der Waals surface area contributed by atoms with Crippen molar-refractivity contribution in [3.8, 4) is 0 Å². The van der Waals surface area contributed by atoms with Crippen molar-refractivity contribution in [2.75, 3.05) is 0 Å². The quantitative estimate of drug-likeness (QED) is 0.724. The number of hydrogen-bond donors (Lipinski definition) is 1. The van der Waals surface area contributed by atoms with E-state index < -0.39 is 5.91 Å². The van der Waals surface area contributed by atoms with E-state index in [4.69, 9.17) is 5.73 Å². The van der Waals surface area contributed by atoms with E-state index in [2.05, 4.69) is 23.4 Å². The summed E-state index contributed by atoms with van der Waals surface area (Å²) in [6, 6.07) is 0. The van der Waals surface area contributed by atoms with E-state index in [1.54, 1.807) is 6.33 Å². The van der Waals surface area contributed by atoms with Crippen molar-refractivity contribution in [2.24, 2.45) is 5.73 Å². The molecule has 0 aliphatic carbocycles. The molecule has 76 valence electrons. The number of carbonyl (C=O) groups excluding carboxylic acids is 1. The second kappa shape index (κ2) is 2.83. The molecule has 0 spiro atoms. The first kappa shape index (κ1) is 9.24. The average Bonchev–Trinajstić information content (AvgIpc) is 2.48. The summed E-state index contributed by atoms with van der Waals surface area (Å²) in [5, 5.41) is 0. The van der Waals surface area contributed by atoms with Crippen molar-refractivity contribution in [3.05, 3.63) is 17.7 Å². The minimum Gasteiger partial charge on any atom is -0.364 e. The highest BCUT2D eigenvalue weighted by Crippen LogP contribution is 2.31. The molecule has 14 heavy (non-hydrogen) atoms. The molecule has 4 heteroatoms. The molecule has 0 saturated carbocycles. The van der Waals surface area contributed by atoms with Crippen LogP contribution in [0.5, 0.6) is 0 Å². The first-order valence-corrected chi connectivity index (χ1v) is 4.89. The molecule has 0 bridgehead atoms. The van der Waals surface area contributed by atoms with E-state index in [1.807, 2.05) is 0 Å². The molecule has 4 nitrogen and oxygen atoms in total. The predicted molar refractivity (Wildman–Crippen MR) is 53.0 cm³/mol. The zero-order valence-electron chi connectivity index (χ0n) is 8.58. The predicted octanol–water partition coefficient (Wildman–Crippen LogP) is 1.05. The number of amides is 1. The molecule has 1 aromatic heterocycles. The monoisotopic (exact) mass is 193 g/mol. The lowest BCUT2D eigenvalue weighted by molar-refractivity contribution is 0.0994. The highest BCUT2D eigenvalue weighted by atomic mass is 16.1. The molecule has 0 unspecified atom stereocenters. The van der Waals surface area contributed by atoms with Crippen molar-refractivity contribution >= 4 is 5.91 Å². The van der Waals surface area contributed by atoms with Gasteiger partial charge < -0.3 is 10.3 Å². The molecule has 0 atom stereocenters. The van der Waals surface area contributed by atoms with Gasteiger partial charge in [-0.05, 0) is 33.1 Å². The van der Waals surface area contributed by atoms with Crippen LogP contribution in [0.15, 0.2) is 6.33 Å². The number of aromatic nitrogens is 2. The highest BCUT2D eigenvalue weighted by molar-refractivity contribution is 5.92. The van der Waals surface area contributed by atoms with Crippen LogP contribution in [0.2, 0.25) is 0 Å². The van der Waals surface area contributed by atoms with Crippen molar-refractivity contribution in [2.45, 2.75) is 38.6 Å². The SMILES string of the molecule is CC1(C)CCCc2c(C(N)=O)ncn21. The van der Waals surface area contributed by atoms with Crippen LogP contribution in [0.1, 0.15) is 42.9 Å². The Kier molecular flexibility index (Phi) is 1.87. The largest absolute Gasteiger partial charge is 0.364 e. The molecule has 0 saturated heterocycles. The van der Waals surface area contributed by atoms with Gasteiger partial charge in [0.1, 0.15) is 5.69 Å².